The van der Waals surface area contributed by atoms with Crippen molar-refractivity contribution in [3.8, 4) is 11.5 Å². The van der Waals surface area contributed by atoms with E-state index in [1.165, 1.54) is 11.3 Å². The highest BCUT2D eigenvalue weighted by molar-refractivity contribution is 7.12. The van der Waals surface area contributed by atoms with Gasteiger partial charge in [0.1, 0.15) is 13.2 Å². The number of hydrogen-bond donors (Lipinski definition) is 0. The number of nitrogens with zero attached hydrogens (tertiary/aromatic N) is 1. The molecule has 2 aromatic rings. The van der Waals surface area contributed by atoms with Crippen molar-refractivity contribution in [3.05, 3.63) is 40.6 Å². The predicted octanol–water partition coefficient (Wildman–Crippen LogP) is 2.80. The third-order valence-corrected chi connectivity index (χ3v) is 3.81. The van der Waals surface area contributed by atoms with Crippen LogP contribution >= 0.6 is 11.3 Å². The maximum Gasteiger partial charge on any atom is 0.268 e. The van der Waals surface area contributed by atoms with Crippen LogP contribution in [0.4, 0.5) is 5.69 Å². The molecule has 1 amide bonds. The van der Waals surface area contributed by atoms with E-state index in [1.807, 2.05) is 35.7 Å². The van der Waals surface area contributed by atoms with Gasteiger partial charge in [-0.25, -0.2) is 0 Å². The van der Waals surface area contributed by atoms with E-state index >= 15 is 0 Å². The molecule has 5 heteroatoms. The highest BCUT2D eigenvalue weighted by Crippen LogP contribution is 2.34. The fourth-order valence-electron chi connectivity index (χ4n) is 1.92. The van der Waals surface area contributed by atoms with Crippen molar-refractivity contribution >= 4 is 22.9 Å². The fourth-order valence-corrected chi connectivity index (χ4v) is 2.62. The van der Waals surface area contributed by atoms with Crippen LogP contribution in [0.3, 0.4) is 0 Å². The van der Waals surface area contributed by atoms with Gasteiger partial charge < -0.3 is 14.4 Å². The second-order valence-electron chi connectivity index (χ2n) is 4.17. The highest BCUT2D eigenvalue weighted by Gasteiger charge is 2.18. The molecule has 1 aliphatic heterocycles. The largest absolute Gasteiger partial charge is 0.486 e. The zero-order chi connectivity index (χ0) is 13.2. The molecule has 2 heterocycles. The molecule has 0 spiro atoms. The lowest BCUT2D eigenvalue weighted by atomic mass is 10.2. The number of amides is 1. The number of benzene rings is 1. The standard InChI is InChI=1S/C14H13NO3S/c1-15(14(16)13-3-2-8-19-13)10-4-5-11-12(9-10)18-7-6-17-11/h2-5,8-9H,6-7H2,1H3. The Hall–Kier alpha value is -2.01. The molecule has 0 aliphatic carbocycles. The third-order valence-electron chi connectivity index (χ3n) is 2.95. The molecular formula is C14H13NO3S. The molecule has 0 fully saturated rings. The molecule has 1 aromatic carbocycles. The van der Waals surface area contributed by atoms with Crippen LogP contribution < -0.4 is 14.4 Å². The maximum absolute atomic E-state index is 12.2. The van der Waals surface area contributed by atoms with Crippen molar-refractivity contribution in [2.75, 3.05) is 25.2 Å². The summed E-state index contributed by atoms with van der Waals surface area (Å²) in [5.74, 6) is 1.40. The van der Waals surface area contributed by atoms with Crippen LogP contribution in [0.15, 0.2) is 35.7 Å². The van der Waals surface area contributed by atoms with Crippen molar-refractivity contribution < 1.29 is 14.3 Å². The van der Waals surface area contributed by atoms with Gasteiger partial charge in [0.25, 0.3) is 5.91 Å². The Bertz CT molecular complexity index is 595. The normalized spacial score (nSPS) is 13.1. The molecule has 0 saturated carbocycles. The number of hydrogen-bond acceptors (Lipinski definition) is 4. The minimum absolute atomic E-state index is 0.0216. The van der Waals surface area contributed by atoms with E-state index < -0.39 is 0 Å². The van der Waals surface area contributed by atoms with Gasteiger partial charge in [-0.05, 0) is 23.6 Å². The van der Waals surface area contributed by atoms with Crippen molar-refractivity contribution in [1.29, 1.82) is 0 Å². The Balaban J connectivity index is 1.87. The number of rotatable bonds is 2. The van der Waals surface area contributed by atoms with Gasteiger partial charge >= 0.3 is 0 Å². The lowest BCUT2D eigenvalue weighted by molar-refractivity contribution is 0.0996. The first kappa shape index (κ1) is 12.0. The van der Waals surface area contributed by atoms with Gasteiger partial charge in [0.05, 0.1) is 4.88 Å². The average molecular weight is 275 g/mol. The van der Waals surface area contributed by atoms with E-state index in [0.29, 0.717) is 19.0 Å². The lowest BCUT2D eigenvalue weighted by Crippen LogP contribution is -2.25. The summed E-state index contributed by atoms with van der Waals surface area (Å²) in [6.45, 7) is 1.11. The second kappa shape index (κ2) is 4.93. The highest BCUT2D eigenvalue weighted by atomic mass is 32.1. The van der Waals surface area contributed by atoms with Crippen molar-refractivity contribution in [2.24, 2.45) is 0 Å². The van der Waals surface area contributed by atoms with Crippen LogP contribution in [0, 0.1) is 0 Å². The quantitative estimate of drug-likeness (QED) is 0.846. The van der Waals surface area contributed by atoms with Crippen LogP contribution in [0.5, 0.6) is 11.5 Å². The van der Waals surface area contributed by atoms with E-state index in [-0.39, 0.29) is 5.91 Å². The lowest BCUT2D eigenvalue weighted by Gasteiger charge is -2.22. The Kier molecular flexibility index (Phi) is 3.13. The van der Waals surface area contributed by atoms with Crippen LogP contribution in [-0.2, 0) is 0 Å². The van der Waals surface area contributed by atoms with Gasteiger partial charge in [-0.15, -0.1) is 11.3 Å². The summed E-state index contributed by atoms with van der Waals surface area (Å²) in [5.41, 5.74) is 0.794. The minimum atomic E-state index is -0.0216. The number of thiophene rings is 1. The second-order valence-corrected chi connectivity index (χ2v) is 5.12. The van der Waals surface area contributed by atoms with Gasteiger partial charge in [0.15, 0.2) is 11.5 Å². The molecule has 0 unspecified atom stereocenters. The number of carbonyl (C=O) groups excluding carboxylic acids is 1. The van der Waals surface area contributed by atoms with Gasteiger partial charge in [0.2, 0.25) is 0 Å². The molecule has 0 saturated heterocycles. The van der Waals surface area contributed by atoms with Crippen LogP contribution in [0.25, 0.3) is 0 Å². The molecule has 1 aromatic heterocycles. The third kappa shape index (κ3) is 2.29. The summed E-state index contributed by atoms with van der Waals surface area (Å²) in [6.07, 6.45) is 0. The van der Waals surface area contributed by atoms with Crippen molar-refractivity contribution in [2.45, 2.75) is 0 Å². The van der Waals surface area contributed by atoms with Gasteiger partial charge in [-0.2, -0.15) is 0 Å². The molecule has 0 bridgehead atoms. The monoisotopic (exact) mass is 275 g/mol. The number of anilines is 1. The first-order chi connectivity index (χ1) is 9.25. The smallest absolute Gasteiger partial charge is 0.268 e. The van der Waals surface area contributed by atoms with Crippen molar-refractivity contribution in [3.63, 3.8) is 0 Å². The molecule has 98 valence electrons. The number of fused-ring (bicyclic) bond motifs is 1. The summed E-state index contributed by atoms with van der Waals surface area (Å²) < 4.78 is 11.0. The van der Waals surface area contributed by atoms with Gasteiger partial charge in [0, 0.05) is 18.8 Å². The topological polar surface area (TPSA) is 38.8 Å². The molecular weight excluding hydrogens is 262 g/mol. The molecule has 19 heavy (non-hydrogen) atoms. The van der Waals surface area contributed by atoms with E-state index in [2.05, 4.69) is 0 Å². The molecule has 0 radical (unpaired) electrons. The van der Waals surface area contributed by atoms with Crippen LogP contribution in [0.2, 0.25) is 0 Å². The SMILES string of the molecule is CN(C(=O)c1cccs1)c1ccc2c(c1)OCCO2. The minimum Gasteiger partial charge on any atom is -0.486 e. The Labute approximate surface area is 115 Å². The fraction of sp³-hybridized carbons (Fsp3) is 0.214. The molecule has 3 rings (SSSR count). The summed E-state index contributed by atoms with van der Waals surface area (Å²) >= 11 is 1.44. The van der Waals surface area contributed by atoms with Gasteiger partial charge in [-0.1, -0.05) is 6.07 Å². The van der Waals surface area contributed by atoms with Gasteiger partial charge in [-0.3, -0.25) is 4.79 Å². The maximum atomic E-state index is 12.2. The number of carbonyl (C=O) groups is 1. The summed E-state index contributed by atoms with van der Waals surface area (Å²) in [6, 6.07) is 9.22. The molecule has 0 atom stereocenters. The molecule has 0 N–H and O–H groups in total. The average Bonchev–Trinajstić information content (AvgIpc) is 2.99. The van der Waals surface area contributed by atoms with Crippen LogP contribution in [-0.4, -0.2) is 26.2 Å². The zero-order valence-electron chi connectivity index (χ0n) is 10.5. The molecule has 4 nitrogen and oxygen atoms in total. The summed E-state index contributed by atoms with van der Waals surface area (Å²) in [5, 5.41) is 1.89. The van der Waals surface area contributed by atoms with E-state index in [0.717, 1.165) is 16.3 Å². The van der Waals surface area contributed by atoms with Crippen LogP contribution in [0.1, 0.15) is 9.67 Å². The number of ether oxygens (including phenoxy) is 2. The summed E-state index contributed by atoms with van der Waals surface area (Å²) in [4.78, 5) is 14.6. The Morgan fingerprint density at radius 2 is 2.00 bits per heavy atom. The van der Waals surface area contributed by atoms with E-state index in [1.54, 1.807) is 11.9 Å². The first-order valence-electron chi connectivity index (χ1n) is 5.97. The van der Waals surface area contributed by atoms with E-state index in [4.69, 9.17) is 9.47 Å². The Morgan fingerprint density at radius 1 is 1.21 bits per heavy atom. The van der Waals surface area contributed by atoms with E-state index in [9.17, 15) is 4.79 Å². The first-order valence-corrected chi connectivity index (χ1v) is 6.85. The zero-order valence-corrected chi connectivity index (χ0v) is 11.3. The summed E-state index contributed by atoms with van der Waals surface area (Å²) in [7, 11) is 1.76. The Morgan fingerprint density at radius 3 is 2.74 bits per heavy atom. The molecule has 1 aliphatic rings. The predicted molar refractivity (Wildman–Crippen MR) is 74.5 cm³/mol. The van der Waals surface area contributed by atoms with Crippen molar-refractivity contribution in [1.82, 2.24) is 0 Å².